The number of hydrogen-bond donors (Lipinski definition) is 2. The number of ketones is 1. The van der Waals surface area contributed by atoms with Crippen molar-refractivity contribution in [3.8, 4) is 0 Å². The van der Waals surface area contributed by atoms with Crippen LogP contribution in [0.25, 0.3) is 0 Å². The van der Waals surface area contributed by atoms with Gasteiger partial charge in [0.1, 0.15) is 6.10 Å². The monoisotopic (exact) mass is 540 g/mol. The molecule has 8 heteroatoms. The number of carbonyl (C=O) groups is 3. The number of esters is 2. The summed E-state index contributed by atoms with van der Waals surface area (Å²) < 4.78 is 17.4. The first-order valence-corrected chi connectivity index (χ1v) is 14.0. The minimum absolute atomic E-state index is 0.0134. The maximum atomic E-state index is 14.4. The van der Waals surface area contributed by atoms with Gasteiger partial charge < -0.3 is 24.4 Å². The fraction of sp³-hybridized carbons (Fsp3) is 0.645. The van der Waals surface area contributed by atoms with Gasteiger partial charge in [0.15, 0.2) is 11.9 Å². The molecule has 1 aromatic carbocycles. The van der Waals surface area contributed by atoms with Gasteiger partial charge in [0, 0.05) is 37.5 Å². The Morgan fingerprint density at radius 3 is 2.41 bits per heavy atom. The van der Waals surface area contributed by atoms with Crippen molar-refractivity contribution in [1.82, 2.24) is 0 Å². The maximum absolute atomic E-state index is 14.4. The van der Waals surface area contributed by atoms with Crippen molar-refractivity contribution in [3.63, 3.8) is 0 Å². The zero-order valence-corrected chi connectivity index (χ0v) is 23.4. The number of hydrogen-bond acceptors (Lipinski definition) is 8. The highest BCUT2D eigenvalue weighted by Gasteiger charge is 2.67. The highest BCUT2D eigenvalue weighted by atomic mass is 16.6. The molecule has 5 rings (SSSR count). The topological polar surface area (TPSA) is 119 Å². The number of benzene rings is 1. The van der Waals surface area contributed by atoms with E-state index in [4.69, 9.17) is 14.2 Å². The molecule has 1 saturated heterocycles. The second-order valence-electron chi connectivity index (χ2n) is 12.7. The van der Waals surface area contributed by atoms with Gasteiger partial charge in [-0.1, -0.05) is 44.2 Å². The number of carbonyl (C=O) groups excluding carboxylic acids is 3. The lowest BCUT2D eigenvalue weighted by atomic mass is 9.47. The average Bonchev–Trinajstić information content (AvgIpc) is 2.86. The third-order valence-corrected chi connectivity index (χ3v) is 10.3. The molecular formula is C31H40O8. The minimum Gasteiger partial charge on any atom is -0.458 e. The molecule has 2 saturated carbocycles. The van der Waals surface area contributed by atoms with Crippen LogP contribution in [-0.4, -0.2) is 64.6 Å². The average molecular weight is 541 g/mol. The first-order valence-electron chi connectivity index (χ1n) is 14.0. The van der Waals surface area contributed by atoms with Crippen LogP contribution in [0.3, 0.4) is 0 Å². The molecule has 4 aliphatic rings. The highest BCUT2D eigenvalue weighted by molar-refractivity contribution is 5.94. The van der Waals surface area contributed by atoms with E-state index >= 15 is 0 Å². The summed E-state index contributed by atoms with van der Waals surface area (Å²) in [7, 11) is 0. The van der Waals surface area contributed by atoms with Gasteiger partial charge in [-0.25, -0.2) is 0 Å². The Kier molecular flexibility index (Phi) is 7.05. The van der Waals surface area contributed by atoms with Crippen molar-refractivity contribution in [2.45, 2.75) is 96.7 Å². The lowest BCUT2D eigenvalue weighted by Gasteiger charge is -2.62. The van der Waals surface area contributed by atoms with E-state index in [2.05, 4.69) is 0 Å². The largest absolute Gasteiger partial charge is 0.458 e. The second kappa shape index (κ2) is 9.82. The SMILES string of the molecule is CC(=O)O[C@H]1C(=O)[C@@]2(C)[C@H](C[C@]3(O)C[C@H](OC(=O)CCc4ccccc4)C(C)=C1C3(C)C)[C@@H]1CO[C@@H]1C[C@@H]2O. The molecule has 39 heavy (non-hydrogen) atoms. The lowest BCUT2D eigenvalue weighted by molar-refractivity contribution is -0.244. The Morgan fingerprint density at radius 1 is 1.10 bits per heavy atom. The van der Waals surface area contributed by atoms with Crippen LogP contribution in [0.15, 0.2) is 41.5 Å². The van der Waals surface area contributed by atoms with Crippen LogP contribution in [0.1, 0.15) is 65.9 Å². The molecule has 3 fully saturated rings. The Morgan fingerprint density at radius 2 is 1.79 bits per heavy atom. The molecule has 0 unspecified atom stereocenters. The Bertz CT molecular complexity index is 1190. The fourth-order valence-corrected chi connectivity index (χ4v) is 7.63. The van der Waals surface area contributed by atoms with Crippen molar-refractivity contribution in [1.29, 1.82) is 0 Å². The third-order valence-electron chi connectivity index (χ3n) is 10.3. The van der Waals surface area contributed by atoms with Crippen molar-refractivity contribution < 1.29 is 38.8 Å². The van der Waals surface area contributed by atoms with Gasteiger partial charge in [-0.2, -0.15) is 0 Å². The van der Waals surface area contributed by atoms with E-state index in [9.17, 15) is 24.6 Å². The standard InChI is InChI=1S/C31H40O8/c1-17-23(39-25(34)12-11-19-9-7-6-8-10-19)15-31(36)14-21-20-16-37-22(20)13-24(33)30(21,5)28(35)27(38-18(2)32)26(17)29(31,3)4/h6-10,20-24,27,33,36H,11-16H2,1-5H3/t20-,21+,22+,23-,24-,27+,30-,31-/m0/s1. The zero-order valence-electron chi connectivity index (χ0n) is 23.4. The van der Waals surface area contributed by atoms with Crippen LogP contribution in [0.4, 0.5) is 0 Å². The van der Waals surface area contributed by atoms with Gasteiger partial charge in [0.25, 0.3) is 0 Å². The predicted octanol–water partition coefficient (Wildman–Crippen LogP) is 3.32. The quantitative estimate of drug-likeness (QED) is 0.431. The summed E-state index contributed by atoms with van der Waals surface area (Å²) in [4.78, 5) is 39.7. The lowest BCUT2D eigenvalue weighted by Crippen LogP contribution is -2.69. The number of rotatable bonds is 5. The Hall–Kier alpha value is -2.55. The van der Waals surface area contributed by atoms with E-state index in [1.165, 1.54) is 6.92 Å². The van der Waals surface area contributed by atoms with Crippen LogP contribution in [0, 0.1) is 22.7 Å². The molecule has 1 aromatic rings. The minimum atomic E-state index is -1.39. The summed E-state index contributed by atoms with van der Waals surface area (Å²) in [6, 6.07) is 9.66. The molecule has 8 atom stereocenters. The molecule has 0 aromatic heterocycles. The zero-order chi connectivity index (χ0) is 28.3. The number of aliphatic hydroxyl groups is 2. The summed E-state index contributed by atoms with van der Waals surface area (Å²) >= 11 is 0. The first-order chi connectivity index (χ1) is 18.3. The summed E-state index contributed by atoms with van der Waals surface area (Å²) in [5.41, 5.74) is -1.52. The van der Waals surface area contributed by atoms with Gasteiger partial charge in [0.2, 0.25) is 0 Å². The molecule has 0 spiro atoms. The van der Waals surface area contributed by atoms with Gasteiger partial charge in [-0.3, -0.25) is 14.4 Å². The summed E-state index contributed by atoms with van der Waals surface area (Å²) in [5.74, 6) is -1.82. The van der Waals surface area contributed by atoms with E-state index in [0.717, 1.165) is 5.56 Å². The van der Waals surface area contributed by atoms with Crippen LogP contribution in [0.5, 0.6) is 0 Å². The fourth-order valence-electron chi connectivity index (χ4n) is 7.63. The molecule has 8 nitrogen and oxygen atoms in total. The van der Waals surface area contributed by atoms with Crippen molar-refractivity contribution in [2.75, 3.05) is 6.61 Å². The second-order valence-corrected chi connectivity index (χ2v) is 12.7. The van der Waals surface area contributed by atoms with Gasteiger partial charge in [0.05, 0.1) is 29.8 Å². The number of ether oxygens (including phenoxy) is 3. The van der Waals surface area contributed by atoms with E-state index in [0.29, 0.717) is 30.6 Å². The molecular weight excluding hydrogens is 500 g/mol. The van der Waals surface area contributed by atoms with E-state index < -0.39 is 52.6 Å². The Balaban J connectivity index is 1.55. The van der Waals surface area contributed by atoms with E-state index in [1.807, 2.05) is 44.2 Å². The smallest absolute Gasteiger partial charge is 0.306 e. The van der Waals surface area contributed by atoms with Gasteiger partial charge >= 0.3 is 11.9 Å². The van der Waals surface area contributed by atoms with E-state index in [1.54, 1.807) is 13.8 Å². The highest BCUT2D eigenvalue weighted by Crippen LogP contribution is 2.61. The summed E-state index contributed by atoms with van der Waals surface area (Å²) in [5, 5.41) is 23.7. The first kappa shape index (κ1) is 28.0. The van der Waals surface area contributed by atoms with Crippen molar-refractivity contribution in [2.24, 2.45) is 22.7 Å². The summed E-state index contributed by atoms with van der Waals surface area (Å²) in [6.07, 6.45) is -1.90. The molecule has 1 heterocycles. The molecule has 2 N–H and O–H groups in total. The van der Waals surface area contributed by atoms with Crippen LogP contribution in [0.2, 0.25) is 0 Å². The van der Waals surface area contributed by atoms with Crippen LogP contribution < -0.4 is 0 Å². The molecule has 3 aliphatic carbocycles. The number of aryl methyl sites for hydroxylation is 1. The molecule has 1 aliphatic heterocycles. The van der Waals surface area contributed by atoms with Gasteiger partial charge in [-0.05, 0) is 49.3 Å². The maximum Gasteiger partial charge on any atom is 0.306 e. The normalized spacial score (nSPS) is 38.9. The summed E-state index contributed by atoms with van der Waals surface area (Å²) in [6.45, 7) is 8.94. The van der Waals surface area contributed by atoms with Crippen LogP contribution >= 0.6 is 0 Å². The van der Waals surface area contributed by atoms with Crippen molar-refractivity contribution in [3.05, 3.63) is 47.0 Å². The number of Topliss-reactive ketones (excluding diaryl/α,β-unsaturated/α-hetero) is 1. The Labute approximate surface area is 229 Å². The van der Waals surface area contributed by atoms with Crippen molar-refractivity contribution >= 4 is 17.7 Å². The predicted molar refractivity (Wildman–Crippen MR) is 141 cm³/mol. The molecule has 0 radical (unpaired) electrons. The third kappa shape index (κ3) is 4.45. The van der Waals surface area contributed by atoms with Gasteiger partial charge in [-0.15, -0.1) is 0 Å². The molecule has 0 amide bonds. The van der Waals surface area contributed by atoms with E-state index in [-0.39, 0.29) is 37.1 Å². The molecule has 2 bridgehead atoms. The molecule has 212 valence electrons. The van der Waals surface area contributed by atoms with Crippen LogP contribution in [-0.2, 0) is 35.0 Å². The number of aliphatic hydroxyl groups excluding tert-OH is 1. The number of fused-ring (bicyclic) bond motifs is 5.